The van der Waals surface area contributed by atoms with Crippen molar-refractivity contribution in [3.05, 3.63) is 31.1 Å². The molecule has 0 fully saturated rings. The Hall–Kier alpha value is -0.820. The van der Waals surface area contributed by atoms with Crippen molar-refractivity contribution in [2.24, 2.45) is 0 Å². The highest BCUT2D eigenvalue weighted by Crippen LogP contribution is 2.56. The lowest BCUT2D eigenvalue weighted by atomic mass is 9.99. The zero-order chi connectivity index (χ0) is 18.6. The lowest BCUT2D eigenvalue weighted by molar-refractivity contribution is 0.307. The van der Waals surface area contributed by atoms with Gasteiger partial charge in [-0.25, -0.2) is 0 Å². The normalized spacial score (nSPS) is 15.9. The molecule has 4 nitrogen and oxygen atoms in total. The predicted molar refractivity (Wildman–Crippen MR) is 115 cm³/mol. The zero-order valence-corrected chi connectivity index (χ0v) is 18.9. The minimum absolute atomic E-state index is 0.603. The van der Waals surface area contributed by atoms with Crippen LogP contribution in [0.2, 0.25) is 10.0 Å². The van der Waals surface area contributed by atoms with Gasteiger partial charge in [0.1, 0.15) is 13.2 Å². The van der Waals surface area contributed by atoms with E-state index in [1.54, 1.807) is 0 Å². The minimum Gasteiger partial charge on any atom is -0.489 e. The number of ether oxygens (including phenoxy) is 2. The largest absolute Gasteiger partial charge is 0.489 e. The van der Waals surface area contributed by atoms with Gasteiger partial charge < -0.3 is 19.3 Å². The number of hydrogen-bond acceptors (Lipinski definition) is 4. The van der Waals surface area contributed by atoms with E-state index in [1.807, 2.05) is 26.2 Å². The molecule has 26 heavy (non-hydrogen) atoms. The Balaban J connectivity index is 2.09. The third-order valence-corrected chi connectivity index (χ3v) is 7.42. The van der Waals surface area contributed by atoms with E-state index in [-0.39, 0.29) is 0 Å². The summed E-state index contributed by atoms with van der Waals surface area (Å²) >= 11 is 20.4. The molecule has 138 valence electrons. The maximum Gasteiger partial charge on any atom is 0.151 e. The monoisotopic (exact) mass is 520 g/mol. The average molecular weight is 523 g/mol. The van der Waals surface area contributed by atoms with E-state index in [2.05, 4.69) is 41.7 Å². The summed E-state index contributed by atoms with van der Waals surface area (Å²) in [4.78, 5) is 4.27. The number of likely N-dealkylation sites (N-methyl/N-ethyl adjacent to an activating group) is 2. The van der Waals surface area contributed by atoms with Crippen molar-refractivity contribution in [1.29, 1.82) is 0 Å². The van der Waals surface area contributed by atoms with Gasteiger partial charge in [-0.1, -0.05) is 23.2 Å². The summed E-state index contributed by atoms with van der Waals surface area (Å²) < 4.78 is 13.6. The highest BCUT2D eigenvalue weighted by atomic mass is 79.9. The first-order valence-corrected chi connectivity index (χ1v) is 10.5. The van der Waals surface area contributed by atoms with Crippen molar-refractivity contribution in [3.8, 4) is 22.6 Å². The molecule has 0 bridgehead atoms. The summed E-state index contributed by atoms with van der Waals surface area (Å²) in [6.45, 7) is 2.81. The number of benzene rings is 2. The summed E-state index contributed by atoms with van der Waals surface area (Å²) in [5.41, 5.74) is 3.59. The molecule has 2 aliphatic rings. The van der Waals surface area contributed by atoms with Gasteiger partial charge in [0.05, 0.1) is 34.5 Å². The summed E-state index contributed by atoms with van der Waals surface area (Å²) in [5, 5.41) is 1.22. The molecule has 2 aromatic rings. The molecule has 0 radical (unpaired) electrons. The number of hydrogen-bond donors (Lipinski definition) is 0. The first-order valence-electron chi connectivity index (χ1n) is 8.12. The molecule has 2 heterocycles. The molecule has 4 rings (SSSR count). The molecular formula is C18H16Br2Cl2N2O2. The lowest BCUT2D eigenvalue weighted by Gasteiger charge is -2.33. The smallest absolute Gasteiger partial charge is 0.151 e. The van der Waals surface area contributed by atoms with Crippen molar-refractivity contribution < 1.29 is 9.47 Å². The summed E-state index contributed by atoms with van der Waals surface area (Å²) in [7, 11) is 4.06. The van der Waals surface area contributed by atoms with E-state index in [0.717, 1.165) is 56.0 Å². The van der Waals surface area contributed by atoms with Gasteiger partial charge in [0.2, 0.25) is 0 Å². The van der Waals surface area contributed by atoms with Crippen molar-refractivity contribution in [1.82, 2.24) is 0 Å². The van der Waals surface area contributed by atoms with Crippen LogP contribution in [0.15, 0.2) is 21.1 Å². The van der Waals surface area contributed by atoms with Gasteiger partial charge in [-0.3, -0.25) is 0 Å². The van der Waals surface area contributed by atoms with E-state index < -0.39 is 0 Å². The highest BCUT2D eigenvalue weighted by Gasteiger charge is 2.31. The van der Waals surface area contributed by atoms with E-state index in [0.29, 0.717) is 23.3 Å². The van der Waals surface area contributed by atoms with Gasteiger partial charge in [-0.2, -0.15) is 0 Å². The highest BCUT2D eigenvalue weighted by molar-refractivity contribution is 9.11. The van der Waals surface area contributed by atoms with Crippen LogP contribution in [0.4, 0.5) is 11.4 Å². The topological polar surface area (TPSA) is 24.9 Å². The van der Waals surface area contributed by atoms with Crippen LogP contribution >= 0.6 is 55.1 Å². The number of anilines is 2. The standard InChI is InChI=1S/C18H16Br2Cl2N2O2/c1-23-3-5-25-17-11(23)7-9(21)15(19)13(17)14-16(20)10(22)8-12-18(14)26-6-4-24(12)2/h7-8H,3-6H2,1-2H3. The van der Waals surface area contributed by atoms with Gasteiger partial charge >= 0.3 is 0 Å². The van der Waals surface area contributed by atoms with Crippen LogP contribution in [-0.2, 0) is 0 Å². The molecule has 8 heteroatoms. The van der Waals surface area contributed by atoms with E-state index in [1.165, 1.54) is 0 Å². The SMILES string of the molecule is CN1CCOc2c1cc(Cl)c(Br)c2-c1c(Br)c(Cl)cc2c1OCCN2C. The molecule has 0 aromatic heterocycles. The van der Waals surface area contributed by atoms with Crippen LogP contribution in [0.1, 0.15) is 0 Å². The summed E-state index contributed by atoms with van der Waals surface area (Å²) in [5.74, 6) is 1.55. The molecular weight excluding hydrogens is 507 g/mol. The summed E-state index contributed by atoms with van der Waals surface area (Å²) in [6.07, 6.45) is 0. The maximum atomic E-state index is 6.54. The van der Waals surface area contributed by atoms with E-state index in [4.69, 9.17) is 32.7 Å². The lowest BCUT2D eigenvalue weighted by Crippen LogP contribution is -2.30. The molecule has 0 unspecified atom stereocenters. The Morgan fingerprint density at radius 2 is 1.19 bits per heavy atom. The van der Waals surface area contributed by atoms with Crippen molar-refractivity contribution in [3.63, 3.8) is 0 Å². The first kappa shape index (κ1) is 18.5. The number of fused-ring (bicyclic) bond motifs is 2. The second-order valence-electron chi connectivity index (χ2n) is 6.33. The second kappa shape index (κ2) is 6.97. The van der Waals surface area contributed by atoms with Crippen molar-refractivity contribution in [2.45, 2.75) is 0 Å². The van der Waals surface area contributed by atoms with Crippen LogP contribution in [0.5, 0.6) is 11.5 Å². The zero-order valence-electron chi connectivity index (χ0n) is 14.2. The average Bonchev–Trinajstić information content (AvgIpc) is 2.61. The van der Waals surface area contributed by atoms with Crippen LogP contribution in [0.3, 0.4) is 0 Å². The first-order chi connectivity index (χ1) is 12.4. The summed E-state index contributed by atoms with van der Waals surface area (Å²) in [6, 6.07) is 3.84. The molecule has 0 atom stereocenters. The third kappa shape index (κ3) is 2.86. The van der Waals surface area contributed by atoms with E-state index in [9.17, 15) is 0 Å². The van der Waals surface area contributed by atoms with Crippen molar-refractivity contribution in [2.75, 3.05) is 50.2 Å². The maximum absolute atomic E-state index is 6.54. The van der Waals surface area contributed by atoms with E-state index >= 15 is 0 Å². The van der Waals surface area contributed by atoms with Crippen molar-refractivity contribution >= 4 is 66.4 Å². The van der Waals surface area contributed by atoms with Gasteiger partial charge in [0.15, 0.2) is 11.5 Å². The number of halogens is 4. The molecule has 0 N–H and O–H groups in total. The molecule has 0 aliphatic carbocycles. The van der Waals surface area contributed by atoms with Crippen LogP contribution in [-0.4, -0.2) is 40.4 Å². The fourth-order valence-corrected chi connectivity index (χ4v) is 4.69. The number of rotatable bonds is 1. The predicted octanol–water partition coefficient (Wildman–Crippen LogP) is 5.84. The fraction of sp³-hybridized carbons (Fsp3) is 0.333. The Bertz CT molecular complexity index is 834. The second-order valence-corrected chi connectivity index (χ2v) is 8.73. The third-order valence-electron chi connectivity index (χ3n) is 4.72. The molecule has 2 aromatic carbocycles. The van der Waals surface area contributed by atoms with Crippen LogP contribution in [0.25, 0.3) is 11.1 Å². The molecule has 0 spiro atoms. The van der Waals surface area contributed by atoms with Crippen LogP contribution in [0, 0.1) is 0 Å². The van der Waals surface area contributed by atoms with Crippen LogP contribution < -0.4 is 19.3 Å². The van der Waals surface area contributed by atoms with Gasteiger partial charge in [0, 0.05) is 34.2 Å². The molecule has 2 aliphatic heterocycles. The quantitative estimate of drug-likeness (QED) is 0.469. The Kier molecular flexibility index (Phi) is 4.97. The molecule has 0 saturated carbocycles. The Morgan fingerprint density at radius 1 is 0.808 bits per heavy atom. The minimum atomic E-state index is 0.603. The fourth-order valence-electron chi connectivity index (χ4n) is 3.31. The Morgan fingerprint density at radius 3 is 1.58 bits per heavy atom. The Labute approximate surface area is 179 Å². The van der Waals surface area contributed by atoms with Gasteiger partial charge in [-0.05, 0) is 44.0 Å². The molecule has 0 saturated heterocycles. The molecule has 0 amide bonds. The van der Waals surface area contributed by atoms with Gasteiger partial charge in [0.25, 0.3) is 0 Å². The number of nitrogens with zero attached hydrogens (tertiary/aromatic N) is 2. The van der Waals surface area contributed by atoms with Gasteiger partial charge in [-0.15, -0.1) is 0 Å².